The van der Waals surface area contributed by atoms with Gasteiger partial charge in [0.1, 0.15) is 0 Å². The second kappa shape index (κ2) is 6.27. The molecule has 4 nitrogen and oxygen atoms in total. The molecule has 0 aromatic heterocycles. The van der Waals surface area contributed by atoms with Crippen LogP contribution in [0.1, 0.15) is 83.6 Å². The number of allylic oxidation sites excluding steroid dienone is 1. The van der Waals surface area contributed by atoms with Crippen LogP contribution in [0.2, 0.25) is 0 Å². The van der Waals surface area contributed by atoms with Gasteiger partial charge in [-0.25, -0.2) is 0 Å². The minimum Gasteiger partial charge on any atom is -0.451 e. The molecule has 4 heteroatoms. The molecular weight excluding hydrogens is 352 g/mol. The van der Waals surface area contributed by atoms with Gasteiger partial charge in [-0.05, 0) is 80.6 Å². The van der Waals surface area contributed by atoms with Crippen LogP contribution in [-0.2, 0) is 19.1 Å². The summed E-state index contributed by atoms with van der Waals surface area (Å²) in [7, 11) is 0. The van der Waals surface area contributed by atoms with Crippen LogP contribution in [-0.4, -0.2) is 23.1 Å². The van der Waals surface area contributed by atoms with Crippen molar-refractivity contribution in [1.82, 2.24) is 0 Å². The first-order chi connectivity index (χ1) is 14.2. The summed E-state index contributed by atoms with van der Waals surface area (Å²) in [5.74, 6) is -0.671. The lowest BCUT2D eigenvalue weighted by Gasteiger charge is -2.60. The number of ketones is 2. The maximum Gasteiger partial charge on any atom is 0.303 e. The van der Waals surface area contributed by atoms with Gasteiger partial charge >= 0.3 is 5.97 Å². The first kappa shape index (κ1) is 16.4. The first-order valence-corrected chi connectivity index (χ1v) is 10.6. The molecule has 0 aliphatic heterocycles. The first-order valence-electron chi connectivity index (χ1n) is 12.2. The van der Waals surface area contributed by atoms with Crippen molar-refractivity contribution in [3.05, 3.63) is 11.6 Å². The fraction of sp³-hybridized carbons (Fsp3) is 0.792. The van der Waals surface area contributed by atoms with Gasteiger partial charge in [0.25, 0.3) is 0 Å². The summed E-state index contributed by atoms with van der Waals surface area (Å²) in [5.41, 5.74) is -1.64. The molecule has 0 spiro atoms. The van der Waals surface area contributed by atoms with E-state index in [-0.39, 0.29) is 29.5 Å². The topological polar surface area (TPSA) is 60.4 Å². The number of hydrogen-bond acceptors (Lipinski definition) is 4. The van der Waals surface area contributed by atoms with E-state index in [2.05, 4.69) is 13.8 Å². The van der Waals surface area contributed by atoms with E-state index in [4.69, 9.17) is 8.85 Å². The van der Waals surface area contributed by atoms with Crippen LogP contribution in [0.4, 0.5) is 0 Å². The predicted octanol–water partition coefficient (Wildman–Crippen LogP) is 4.66. The molecule has 0 aromatic carbocycles. The third-order valence-corrected chi connectivity index (χ3v) is 8.75. The van der Waals surface area contributed by atoms with Gasteiger partial charge < -0.3 is 4.74 Å². The molecule has 4 rings (SSSR count). The SMILES string of the molecule is [2H]C1C(=O)C=C2[C@@H](C)C[C@@H]3[C@H](CC[C@@]4(C)[C@H]3CC[C@]4(OC(C)=O)C(C)=O)[C@@]2(C)C1([2H])[2H]. The van der Waals surface area contributed by atoms with E-state index in [1.54, 1.807) is 6.08 Å². The average molecular weight is 390 g/mol. The predicted molar refractivity (Wildman–Crippen MR) is 106 cm³/mol. The summed E-state index contributed by atoms with van der Waals surface area (Å²) in [6.45, 7) is 8.93. The Morgan fingerprint density at radius 2 is 1.86 bits per heavy atom. The highest BCUT2D eigenvalue weighted by Gasteiger charge is 2.68. The number of carbonyl (C=O) groups excluding carboxylic acids is 3. The zero-order chi connectivity index (χ0) is 23.1. The fourth-order valence-electron chi connectivity index (χ4n) is 7.55. The molecule has 0 bridgehead atoms. The van der Waals surface area contributed by atoms with Gasteiger partial charge in [0, 0.05) is 22.8 Å². The number of esters is 1. The zero-order valence-electron chi connectivity index (χ0n) is 20.6. The van der Waals surface area contributed by atoms with E-state index in [9.17, 15) is 14.4 Å². The van der Waals surface area contributed by atoms with Crippen LogP contribution in [0, 0.1) is 34.5 Å². The largest absolute Gasteiger partial charge is 0.451 e. The molecule has 1 unspecified atom stereocenters. The average Bonchev–Trinajstić information content (AvgIpc) is 2.96. The highest BCUT2D eigenvalue weighted by molar-refractivity contribution is 5.92. The lowest BCUT2D eigenvalue weighted by atomic mass is 9.44. The van der Waals surface area contributed by atoms with E-state index in [1.165, 1.54) is 13.8 Å². The number of fused-ring (bicyclic) bond motifs is 5. The Hall–Kier alpha value is -1.45. The third-order valence-electron chi connectivity index (χ3n) is 8.75. The van der Waals surface area contributed by atoms with Crippen molar-refractivity contribution < 1.29 is 23.2 Å². The summed E-state index contributed by atoms with van der Waals surface area (Å²) >= 11 is 0. The molecule has 0 saturated heterocycles. The van der Waals surface area contributed by atoms with Crippen molar-refractivity contribution in [3.8, 4) is 0 Å². The van der Waals surface area contributed by atoms with Crippen molar-refractivity contribution >= 4 is 17.5 Å². The summed E-state index contributed by atoms with van der Waals surface area (Å²) in [4.78, 5) is 37.2. The summed E-state index contributed by atoms with van der Waals surface area (Å²) in [6, 6.07) is 0. The Morgan fingerprint density at radius 3 is 2.50 bits per heavy atom. The lowest BCUT2D eigenvalue weighted by Crippen LogP contribution is -2.59. The van der Waals surface area contributed by atoms with Crippen LogP contribution >= 0.6 is 0 Å². The molecule has 4 aliphatic rings. The van der Waals surface area contributed by atoms with Crippen LogP contribution in [0.3, 0.4) is 0 Å². The molecule has 8 atom stereocenters. The number of ether oxygens (including phenoxy) is 1. The summed E-state index contributed by atoms with van der Waals surface area (Å²) in [6.07, 6.45) is 1.64. The van der Waals surface area contributed by atoms with Crippen molar-refractivity contribution in [2.24, 2.45) is 34.5 Å². The fourth-order valence-corrected chi connectivity index (χ4v) is 7.55. The van der Waals surface area contributed by atoms with Gasteiger partial charge in [0.15, 0.2) is 17.2 Å². The summed E-state index contributed by atoms with van der Waals surface area (Å²) in [5, 5.41) is 0. The minimum atomic E-state index is -1.95. The zero-order valence-corrected chi connectivity index (χ0v) is 17.6. The Bertz CT molecular complexity index is 882. The smallest absolute Gasteiger partial charge is 0.303 e. The minimum absolute atomic E-state index is 0.0101. The molecule has 0 N–H and O–H groups in total. The van der Waals surface area contributed by atoms with Crippen LogP contribution < -0.4 is 0 Å². The van der Waals surface area contributed by atoms with Crippen LogP contribution in [0.15, 0.2) is 11.6 Å². The Morgan fingerprint density at radius 1 is 1.18 bits per heavy atom. The second-order valence-corrected chi connectivity index (χ2v) is 9.98. The number of Topliss-reactive ketones (excluding diaryl/α,β-unsaturated/α-hetero) is 1. The van der Waals surface area contributed by atoms with Gasteiger partial charge in [-0.2, -0.15) is 0 Å². The number of hydrogen-bond donors (Lipinski definition) is 0. The van der Waals surface area contributed by atoms with Gasteiger partial charge in [-0.15, -0.1) is 0 Å². The Labute approximate surface area is 172 Å². The normalized spacial score (nSPS) is 53.5. The molecule has 0 aromatic rings. The highest BCUT2D eigenvalue weighted by Crippen LogP contribution is 2.69. The molecule has 0 heterocycles. The maximum atomic E-state index is 12.9. The molecule has 0 amide bonds. The van der Waals surface area contributed by atoms with Crippen molar-refractivity contribution in [2.45, 2.75) is 85.1 Å². The molecule has 3 fully saturated rings. The van der Waals surface area contributed by atoms with Crippen molar-refractivity contribution in [1.29, 1.82) is 0 Å². The van der Waals surface area contributed by atoms with E-state index < -0.39 is 41.0 Å². The Kier molecular flexibility index (Phi) is 3.66. The molecule has 0 radical (unpaired) electrons. The van der Waals surface area contributed by atoms with Crippen LogP contribution in [0.25, 0.3) is 0 Å². The van der Waals surface area contributed by atoms with E-state index in [1.807, 2.05) is 6.92 Å². The van der Waals surface area contributed by atoms with Crippen molar-refractivity contribution in [2.75, 3.05) is 0 Å². The molecule has 3 saturated carbocycles. The quantitative estimate of drug-likeness (QED) is 0.645. The molecular formula is C24H34O4. The highest BCUT2D eigenvalue weighted by atomic mass is 16.6. The monoisotopic (exact) mass is 389 g/mol. The van der Waals surface area contributed by atoms with E-state index in [0.717, 1.165) is 18.4 Å². The Balaban J connectivity index is 1.81. The number of carbonyl (C=O) groups is 3. The maximum absolute atomic E-state index is 12.9. The molecule has 4 aliphatic carbocycles. The van der Waals surface area contributed by atoms with E-state index >= 15 is 0 Å². The van der Waals surface area contributed by atoms with Crippen LogP contribution in [0.5, 0.6) is 0 Å². The second-order valence-electron chi connectivity index (χ2n) is 9.98. The van der Waals surface area contributed by atoms with Gasteiger partial charge in [-0.1, -0.05) is 26.3 Å². The molecule has 154 valence electrons. The van der Waals surface area contributed by atoms with Gasteiger partial charge in [0.2, 0.25) is 0 Å². The van der Waals surface area contributed by atoms with Gasteiger partial charge in [-0.3, -0.25) is 14.4 Å². The lowest BCUT2D eigenvalue weighted by molar-refractivity contribution is -0.187. The summed E-state index contributed by atoms with van der Waals surface area (Å²) < 4.78 is 31.8. The third kappa shape index (κ3) is 2.45. The van der Waals surface area contributed by atoms with Gasteiger partial charge in [0.05, 0.1) is 0 Å². The standard InChI is InChI=1S/C24H34O4/c1-14-12-18-19(22(4)9-6-17(27)13-21(14)22)7-10-23(5)20(18)8-11-24(23,15(2)25)28-16(3)26/h13-14,18-20H,6-12H2,1-5H3/t14-,18+,19-,20-,22+,23-,24-/m0/s1/i6D,9D2/t6?,14-,18+,19-,20-,22+,23-,24-. The molecule has 28 heavy (non-hydrogen) atoms. The van der Waals surface area contributed by atoms with Crippen molar-refractivity contribution in [3.63, 3.8) is 0 Å². The number of rotatable bonds is 2. The van der Waals surface area contributed by atoms with E-state index in [0.29, 0.717) is 19.3 Å².